The van der Waals surface area contributed by atoms with Gasteiger partial charge in [-0.2, -0.15) is 0 Å². The summed E-state index contributed by atoms with van der Waals surface area (Å²) in [6.45, 7) is 8.76. The number of phenolic OH excluding ortho intramolecular Hbond substituents is 1. The number of aromatic hydroxyl groups is 1. The first kappa shape index (κ1) is 55.1. The Morgan fingerprint density at radius 1 is 0.771 bits per heavy atom. The Labute approximate surface area is 404 Å². The summed E-state index contributed by atoms with van der Waals surface area (Å²) in [5, 5.41) is 19.3. The number of amides is 2. The van der Waals surface area contributed by atoms with Gasteiger partial charge in [0.25, 0.3) is 5.56 Å². The lowest BCUT2D eigenvalue weighted by Crippen LogP contribution is -2.49. The number of carbonyl (C=O) groups excluding carboxylic acids is 4. The van der Waals surface area contributed by atoms with Crippen LogP contribution in [0.4, 0.5) is 0 Å². The number of ether oxygens (including phenoxy) is 11. The molecule has 2 amide bonds. The van der Waals surface area contributed by atoms with E-state index in [4.69, 9.17) is 62.6 Å². The maximum absolute atomic E-state index is 14.0. The van der Waals surface area contributed by atoms with Gasteiger partial charge >= 0.3 is 11.9 Å². The number of phenols is 1. The molecule has 1 atom stereocenters. The number of aromatic nitrogens is 2. The molecule has 0 aliphatic carbocycles. The SMILES string of the molecule is CCc1c2c(nc3ccc(O)cc13)-c1cc3c(c(=O)n1C2)COC(=O)C3(CC)OC(=O)CNC(=O)COCC(=O)NCCOCCOCCOCCOCCOCCOCCOCCOCCN=[N+]=[N-]. The highest BCUT2D eigenvalue weighted by Crippen LogP contribution is 2.42. The number of carbonyl (C=O) groups is 4. The van der Waals surface area contributed by atoms with Crippen molar-refractivity contribution in [1.29, 1.82) is 0 Å². The molecule has 4 heterocycles. The van der Waals surface area contributed by atoms with Gasteiger partial charge in [-0.25, -0.2) is 9.78 Å². The fourth-order valence-electron chi connectivity index (χ4n) is 7.50. The number of pyridine rings is 2. The fraction of sp³-hybridized carbons (Fsp3) is 0.609. The number of nitrogens with zero attached hydrogens (tertiary/aromatic N) is 5. The van der Waals surface area contributed by atoms with E-state index in [0.717, 1.165) is 16.5 Å². The first-order chi connectivity index (χ1) is 34.1. The second-order valence-electron chi connectivity index (χ2n) is 15.5. The molecule has 1 aromatic carbocycles. The van der Waals surface area contributed by atoms with Gasteiger partial charge in [0.2, 0.25) is 17.4 Å². The third-order valence-electron chi connectivity index (χ3n) is 10.9. The molecule has 5 rings (SSSR count). The van der Waals surface area contributed by atoms with E-state index in [9.17, 15) is 29.1 Å². The lowest BCUT2D eigenvalue weighted by Gasteiger charge is -2.35. The molecule has 0 radical (unpaired) electrons. The minimum atomic E-state index is -1.97. The quantitative estimate of drug-likeness (QED) is 0.0192. The maximum atomic E-state index is 14.0. The van der Waals surface area contributed by atoms with Crippen molar-refractivity contribution in [1.82, 2.24) is 20.2 Å². The second kappa shape index (κ2) is 30.1. The molecular weight excluding hydrogens is 923 g/mol. The Bertz CT molecular complexity index is 2310. The summed E-state index contributed by atoms with van der Waals surface area (Å²) in [5.74, 6) is -2.92. The predicted octanol–water partition coefficient (Wildman–Crippen LogP) is 1.59. The highest BCUT2D eigenvalue weighted by molar-refractivity contribution is 5.91. The molecule has 3 N–H and O–H groups in total. The molecular formula is C46H63N7O17. The van der Waals surface area contributed by atoms with Crippen LogP contribution in [0.2, 0.25) is 0 Å². The fourth-order valence-corrected chi connectivity index (χ4v) is 7.50. The van der Waals surface area contributed by atoms with Crippen LogP contribution in [-0.2, 0) is 96.5 Å². The van der Waals surface area contributed by atoms with Gasteiger partial charge in [0.15, 0.2) is 0 Å². The van der Waals surface area contributed by atoms with Crippen LogP contribution in [0.15, 0.2) is 34.2 Å². The van der Waals surface area contributed by atoms with E-state index in [2.05, 4.69) is 20.7 Å². The summed E-state index contributed by atoms with van der Waals surface area (Å²) < 4.78 is 61.2. The molecule has 0 spiro atoms. The Balaban J connectivity index is 0.860. The zero-order valence-electron chi connectivity index (χ0n) is 39.7. The first-order valence-electron chi connectivity index (χ1n) is 23.2. The van der Waals surface area contributed by atoms with Crippen molar-refractivity contribution in [3.05, 3.63) is 67.3 Å². The molecule has 2 aliphatic heterocycles. The Morgan fingerprint density at radius 2 is 1.33 bits per heavy atom. The number of hydrogen-bond donors (Lipinski definition) is 3. The number of nitrogens with one attached hydrogen (secondary N) is 2. The van der Waals surface area contributed by atoms with E-state index in [1.54, 1.807) is 29.7 Å². The van der Waals surface area contributed by atoms with Gasteiger partial charge in [-0.15, -0.1) is 0 Å². The van der Waals surface area contributed by atoms with Gasteiger partial charge in [-0.1, -0.05) is 19.0 Å². The summed E-state index contributed by atoms with van der Waals surface area (Å²) in [4.78, 5) is 72.7. The highest BCUT2D eigenvalue weighted by atomic mass is 16.6. The van der Waals surface area contributed by atoms with Crippen LogP contribution in [0, 0.1) is 0 Å². The molecule has 1 unspecified atom stereocenters. The molecule has 3 aromatic rings. The van der Waals surface area contributed by atoms with Crippen molar-refractivity contribution in [3.8, 4) is 17.1 Å². The Morgan fingerprint density at radius 3 is 1.89 bits per heavy atom. The Hall–Kier alpha value is -5.79. The van der Waals surface area contributed by atoms with Gasteiger partial charge in [-0.3, -0.25) is 19.2 Å². The van der Waals surface area contributed by atoms with Crippen LogP contribution in [0.1, 0.15) is 42.5 Å². The normalized spacial score (nSPS) is 14.6. The van der Waals surface area contributed by atoms with Gasteiger partial charge in [0, 0.05) is 34.5 Å². The smallest absolute Gasteiger partial charge is 0.355 e. The zero-order chi connectivity index (χ0) is 50.0. The van der Waals surface area contributed by atoms with Crippen molar-refractivity contribution in [2.24, 2.45) is 5.11 Å². The van der Waals surface area contributed by atoms with Crippen molar-refractivity contribution in [2.45, 2.75) is 45.4 Å². The molecule has 2 aliphatic rings. The lowest BCUT2D eigenvalue weighted by molar-refractivity contribution is -0.189. The molecule has 384 valence electrons. The van der Waals surface area contributed by atoms with Crippen LogP contribution in [0.25, 0.3) is 32.7 Å². The number of aryl methyl sites for hydroxylation is 1. The third-order valence-corrected chi connectivity index (χ3v) is 10.9. The molecule has 24 heteroatoms. The minimum absolute atomic E-state index is 0.0666. The molecule has 0 saturated heterocycles. The highest BCUT2D eigenvalue weighted by Gasteiger charge is 2.50. The van der Waals surface area contributed by atoms with E-state index in [1.165, 1.54) is 6.07 Å². The summed E-state index contributed by atoms with van der Waals surface area (Å²) in [6, 6.07) is 6.53. The standard InChI is InChI=1S/C46H63N7O17/c1-3-33-34-25-32(54)5-6-38(34)51-43-35(33)28-53-39(43)26-37-36(44(53)58)29-69-45(59)46(37,4-2)70-42(57)27-49-41(56)31-68-30-40(55)48-7-9-60-11-13-62-15-17-64-19-21-66-23-24-67-22-20-65-18-16-63-14-12-61-10-8-50-52-47/h5-6,25-26,54H,3-4,7-24,27-31H2,1-2H3,(H,48,55)(H,49,56). The summed E-state index contributed by atoms with van der Waals surface area (Å²) in [5.41, 5.74) is 9.53. The van der Waals surface area contributed by atoms with E-state index >= 15 is 0 Å². The van der Waals surface area contributed by atoms with Crippen molar-refractivity contribution in [3.63, 3.8) is 0 Å². The number of fused-ring (bicyclic) bond motifs is 5. The van der Waals surface area contributed by atoms with E-state index in [0.29, 0.717) is 129 Å². The minimum Gasteiger partial charge on any atom is -0.508 e. The number of hydrogen-bond acceptors (Lipinski definition) is 19. The number of rotatable bonds is 36. The topological polar surface area (TPSA) is 298 Å². The van der Waals surface area contributed by atoms with Crippen LogP contribution in [-0.4, -0.2) is 177 Å². The van der Waals surface area contributed by atoms with Crippen molar-refractivity contribution in [2.75, 3.05) is 139 Å². The maximum Gasteiger partial charge on any atom is 0.355 e. The zero-order valence-corrected chi connectivity index (χ0v) is 39.7. The second-order valence-corrected chi connectivity index (χ2v) is 15.5. The van der Waals surface area contributed by atoms with Crippen LogP contribution < -0.4 is 16.2 Å². The Kier molecular flexibility index (Phi) is 23.7. The van der Waals surface area contributed by atoms with Crippen LogP contribution in [0.5, 0.6) is 5.75 Å². The van der Waals surface area contributed by atoms with E-state index in [-0.39, 0.29) is 49.6 Å². The first-order valence-corrected chi connectivity index (χ1v) is 23.2. The average Bonchev–Trinajstić information content (AvgIpc) is 3.72. The van der Waals surface area contributed by atoms with Gasteiger partial charge in [0.05, 0.1) is 135 Å². The van der Waals surface area contributed by atoms with E-state index in [1.807, 2.05) is 6.92 Å². The summed E-state index contributed by atoms with van der Waals surface area (Å²) in [6.07, 6.45) is 0.545. The average molecular weight is 986 g/mol. The van der Waals surface area contributed by atoms with Crippen LogP contribution >= 0.6 is 0 Å². The molecule has 0 bridgehead atoms. The number of benzene rings is 1. The lowest BCUT2D eigenvalue weighted by atomic mass is 9.85. The van der Waals surface area contributed by atoms with Gasteiger partial charge in [0.1, 0.15) is 32.1 Å². The van der Waals surface area contributed by atoms with Gasteiger partial charge in [-0.05, 0) is 48.2 Å². The van der Waals surface area contributed by atoms with Crippen molar-refractivity contribution < 1.29 is 76.4 Å². The monoisotopic (exact) mass is 985 g/mol. The molecule has 24 nitrogen and oxygen atoms in total. The van der Waals surface area contributed by atoms with Crippen molar-refractivity contribution >= 4 is 34.7 Å². The van der Waals surface area contributed by atoms with Crippen LogP contribution in [0.3, 0.4) is 0 Å². The largest absolute Gasteiger partial charge is 0.508 e. The number of esters is 2. The molecule has 2 aromatic heterocycles. The summed E-state index contributed by atoms with van der Waals surface area (Å²) in [7, 11) is 0. The number of azide groups is 1. The molecule has 0 saturated carbocycles. The summed E-state index contributed by atoms with van der Waals surface area (Å²) >= 11 is 0. The molecule has 70 heavy (non-hydrogen) atoms. The van der Waals surface area contributed by atoms with Gasteiger partial charge < -0.3 is 72.4 Å². The van der Waals surface area contributed by atoms with E-state index < -0.39 is 54.7 Å². The third kappa shape index (κ3) is 16.4. The molecule has 0 fully saturated rings. The predicted molar refractivity (Wildman–Crippen MR) is 247 cm³/mol. The number of cyclic esters (lactones) is 1.